The lowest BCUT2D eigenvalue weighted by atomic mass is 10.1. The average Bonchev–Trinajstić information content (AvgIpc) is 2.39. The average molecular weight is 361 g/mol. The van der Waals surface area contributed by atoms with Gasteiger partial charge in [-0.1, -0.05) is 35.3 Å². The third-order valence-corrected chi connectivity index (χ3v) is 4.07. The Hall–Kier alpha value is -0.970. The van der Waals surface area contributed by atoms with Crippen LogP contribution in [0, 0.1) is 0 Å². The van der Waals surface area contributed by atoms with Crippen molar-refractivity contribution >= 4 is 29.3 Å². The summed E-state index contributed by atoms with van der Waals surface area (Å²) in [5.74, 6) is 0. The van der Waals surface area contributed by atoms with Crippen molar-refractivity contribution in [2.45, 2.75) is 58.7 Å². The summed E-state index contributed by atoms with van der Waals surface area (Å²) < 4.78 is 5.23. The van der Waals surface area contributed by atoms with E-state index in [4.69, 9.17) is 27.9 Å². The summed E-state index contributed by atoms with van der Waals surface area (Å²) in [5, 5.41) is 7.34. The van der Waals surface area contributed by atoms with Crippen LogP contribution in [0.2, 0.25) is 10.0 Å². The quantitative estimate of drug-likeness (QED) is 0.754. The molecule has 0 aliphatic rings. The second-order valence-corrected chi connectivity index (χ2v) is 7.44. The van der Waals surface area contributed by atoms with Crippen LogP contribution in [0.3, 0.4) is 0 Å². The highest BCUT2D eigenvalue weighted by Gasteiger charge is 2.18. The van der Waals surface area contributed by atoms with Gasteiger partial charge in [-0.05, 0) is 59.2 Å². The van der Waals surface area contributed by atoms with Crippen molar-refractivity contribution in [3.63, 3.8) is 0 Å². The second-order valence-electron chi connectivity index (χ2n) is 6.65. The van der Waals surface area contributed by atoms with Gasteiger partial charge in [-0.25, -0.2) is 4.79 Å². The molecular formula is C17H26Cl2N2O2. The maximum atomic E-state index is 11.7. The Kier molecular flexibility index (Phi) is 7.65. The number of rotatable bonds is 6. The molecular weight excluding hydrogens is 335 g/mol. The molecule has 6 heteroatoms. The van der Waals surface area contributed by atoms with E-state index in [-0.39, 0.29) is 12.1 Å². The summed E-state index contributed by atoms with van der Waals surface area (Å²) >= 11 is 12.2. The molecule has 1 amide bonds. The standard InChI is InChI=1S/C17H26Cl2N2O2/c1-11(21-16(22)23-17(3,4)5)9-10-20-12(2)13-7-6-8-14(18)15(13)19/h6-8,11-12,20H,9-10H2,1-5H3,(H,21,22). The van der Waals surface area contributed by atoms with E-state index < -0.39 is 11.7 Å². The fourth-order valence-electron chi connectivity index (χ4n) is 2.06. The van der Waals surface area contributed by atoms with Crippen LogP contribution in [0.25, 0.3) is 0 Å². The zero-order valence-electron chi connectivity index (χ0n) is 14.4. The molecule has 1 aromatic rings. The maximum Gasteiger partial charge on any atom is 0.407 e. The van der Waals surface area contributed by atoms with Gasteiger partial charge in [0.2, 0.25) is 0 Å². The fraction of sp³-hybridized carbons (Fsp3) is 0.588. The summed E-state index contributed by atoms with van der Waals surface area (Å²) in [4.78, 5) is 11.7. The van der Waals surface area contributed by atoms with E-state index in [0.717, 1.165) is 18.5 Å². The van der Waals surface area contributed by atoms with Crippen LogP contribution in [-0.2, 0) is 4.74 Å². The zero-order chi connectivity index (χ0) is 17.6. The molecule has 0 fully saturated rings. The highest BCUT2D eigenvalue weighted by Crippen LogP contribution is 2.29. The van der Waals surface area contributed by atoms with Gasteiger partial charge >= 0.3 is 6.09 Å². The van der Waals surface area contributed by atoms with Gasteiger partial charge in [-0.2, -0.15) is 0 Å². The molecule has 0 aliphatic carbocycles. The van der Waals surface area contributed by atoms with Gasteiger partial charge in [0.1, 0.15) is 5.60 Å². The van der Waals surface area contributed by atoms with Gasteiger partial charge in [0, 0.05) is 12.1 Å². The van der Waals surface area contributed by atoms with Crippen LogP contribution in [0.5, 0.6) is 0 Å². The van der Waals surface area contributed by atoms with Crippen molar-refractivity contribution in [2.24, 2.45) is 0 Å². The molecule has 0 heterocycles. The number of nitrogens with one attached hydrogen (secondary N) is 2. The summed E-state index contributed by atoms with van der Waals surface area (Å²) in [6.07, 6.45) is 0.387. The number of ether oxygens (including phenoxy) is 1. The van der Waals surface area contributed by atoms with Crippen molar-refractivity contribution in [2.75, 3.05) is 6.54 Å². The summed E-state index contributed by atoms with van der Waals surface area (Å²) in [6, 6.07) is 5.70. The fourth-order valence-corrected chi connectivity index (χ4v) is 2.53. The third kappa shape index (κ3) is 7.42. The second kappa shape index (κ2) is 8.76. The highest BCUT2D eigenvalue weighted by molar-refractivity contribution is 6.42. The van der Waals surface area contributed by atoms with E-state index in [2.05, 4.69) is 10.6 Å². The molecule has 2 atom stereocenters. The van der Waals surface area contributed by atoms with Crippen LogP contribution in [-0.4, -0.2) is 24.3 Å². The molecule has 0 saturated heterocycles. The highest BCUT2D eigenvalue weighted by atomic mass is 35.5. The molecule has 1 aromatic carbocycles. The maximum absolute atomic E-state index is 11.7. The van der Waals surface area contributed by atoms with Crippen LogP contribution in [0.15, 0.2) is 18.2 Å². The first-order valence-electron chi connectivity index (χ1n) is 7.77. The van der Waals surface area contributed by atoms with E-state index in [1.165, 1.54) is 0 Å². The molecule has 23 heavy (non-hydrogen) atoms. The van der Waals surface area contributed by atoms with Crippen LogP contribution < -0.4 is 10.6 Å². The first kappa shape index (κ1) is 20.1. The minimum Gasteiger partial charge on any atom is -0.444 e. The van der Waals surface area contributed by atoms with E-state index >= 15 is 0 Å². The Bertz CT molecular complexity index is 530. The Morgan fingerprint density at radius 2 is 1.91 bits per heavy atom. The monoisotopic (exact) mass is 360 g/mol. The lowest BCUT2D eigenvalue weighted by Gasteiger charge is -2.22. The van der Waals surface area contributed by atoms with Crippen molar-refractivity contribution in [1.29, 1.82) is 0 Å². The Morgan fingerprint density at radius 3 is 2.52 bits per heavy atom. The summed E-state index contributed by atoms with van der Waals surface area (Å²) in [6.45, 7) is 10.2. The van der Waals surface area contributed by atoms with Gasteiger partial charge in [-0.15, -0.1) is 0 Å². The Labute approximate surface area is 148 Å². The molecule has 0 saturated carbocycles. The normalized spacial score (nSPS) is 14.2. The number of carbonyl (C=O) groups excluding carboxylic acids is 1. The van der Waals surface area contributed by atoms with Crippen molar-refractivity contribution in [1.82, 2.24) is 10.6 Å². The van der Waals surface area contributed by atoms with Gasteiger partial charge in [0.05, 0.1) is 10.0 Å². The topological polar surface area (TPSA) is 50.4 Å². The molecule has 130 valence electrons. The number of benzene rings is 1. The zero-order valence-corrected chi connectivity index (χ0v) is 15.9. The molecule has 0 aromatic heterocycles. The summed E-state index contributed by atoms with van der Waals surface area (Å²) in [5.41, 5.74) is 0.479. The first-order valence-corrected chi connectivity index (χ1v) is 8.52. The van der Waals surface area contributed by atoms with Gasteiger partial charge < -0.3 is 15.4 Å². The molecule has 0 bridgehead atoms. The minimum atomic E-state index is -0.486. The van der Waals surface area contributed by atoms with Crippen LogP contribution >= 0.6 is 23.2 Å². The van der Waals surface area contributed by atoms with Gasteiger partial charge in [0.25, 0.3) is 0 Å². The van der Waals surface area contributed by atoms with Crippen molar-refractivity contribution < 1.29 is 9.53 Å². The lowest BCUT2D eigenvalue weighted by molar-refractivity contribution is 0.0506. The number of carbonyl (C=O) groups is 1. The molecule has 0 aliphatic heterocycles. The smallest absolute Gasteiger partial charge is 0.407 e. The molecule has 1 rings (SSSR count). The Balaban J connectivity index is 2.38. The van der Waals surface area contributed by atoms with Gasteiger partial charge in [0.15, 0.2) is 0 Å². The van der Waals surface area contributed by atoms with Gasteiger partial charge in [-0.3, -0.25) is 0 Å². The molecule has 2 N–H and O–H groups in total. The SMILES string of the molecule is CC(CCNC(C)c1cccc(Cl)c1Cl)NC(=O)OC(C)(C)C. The number of hydrogen-bond donors (Lipinski definition) is 2. The van der Waals surface area contributed by atoms with Crippen molar-refractivity contribution in [3.05, 3.63) is 33.8 Å². The van der Waals surface area contributed by atoms with Crippen LogP contribution in [0.1, 0.15) is 52.6 Å². The van der Waals surface area contributed by atoms with Crippen molar-refractivity contribution in [3.8, 4) is 0 Å². The molecule has 0 spiro atoms. The summed E-state index contributed by atoms with van der Waals surface area (Å²) in [7, 11) is 0. The predicted octanol–water partition coefficient (Wildman–Crippen LogP) is 4.95. The lowest BCUT2D eigenvalue weighted by Crippen LogP contribution is -2.39. The predicted molar refractivity (Wildman–Crippen MR) is 96.3 cm³/mol. The largest absolute Gasteiger partial charge is 0.444 e. The van der Waals surface area contributed by atoms with Crippen LogP contribution in [0.4, 0.5) is 4.79 Å². The number of hydrogen-bond acceptors (Lipinski definition) is 3. The molecule has 4 nitrogen and oxygen atoms in total. The molecule has 0 radical (unpaired) electrons. The third-order valence-electron chi connectivity index (χ3n) is 3.24. The first-order chi connectivity index (χ1) is 10.6. The van der Waals surface area contributed by atoms with E-state index in [1.54, 1.807) is 6.07 Å². The number of amides is 1. The van der Waals surface area contributed by atoms with E-state index in [9.17, 15) is 4.79 Å². The molecule has 2 unspecified atom stereocenters. The van der Waals surface area contributed by atoms with E-state index in [1.807, 2.05) is 46.8 Å². The van der Waals surface area contributed by atoms with E-state index in [0.29, 0.717) is 10.0 Å². The number of alkyl carbamates (subject to hydrolysis) is 1. The minimum absolute atomic E-state index is 0.0133. The number of halogens is 2. The Morgan fingerprint density at radius 1 is 1.26 bits per heavy atom.